The molecule has 14 heteroatoms. The molecule has 0 bridgehead atoms. The Labute approximate surface area is 237 Å². The number of anilines is 4. The molecule has 1 spiro atoms. The molecule has 3 heterocycles. The van der Waals surface area contributed by atoms with Crippen LogP contribution in [0.25, 0.3) is 0 Å². The van der Waals surface area contributed by atoms with Crippen LogP contribution in [0.5, 0.6) is 0 Å². The number of rotatable bonds is 8. The Morgan fingerprint density at radius 3 is 2.27 bits per heavy atom. The van der Waals surface area contributed by atoms with Crippen LogP contribution < -0.4 is 19.8 Å². The monoisotopic (exact) mass is 596 g/mol. The molecule has 1 saturated carbocycles. The molecule has 1 amide bonds. The number of aliphatic hydroxyl groups is 1. The molecule has 10 nitrogen and oxygen atoms in total. The molecule has 2 aromatic rings. The second-order valence-corrected chi connectivity index (χ2v) is 13.6. The van der Waals surface area contributed by atoms with Gasteiger partial charge in [0, 0.05) is 50.8 Å². The van der Waals surface area contributed by atoms with Gasteiger partial charge in [-0.2, -0.15) is 4.98 Å². The van der Waals surface area contributed by atoms with Gasteiger partial charge in [-0.25, -0.2) is 26.6 Å². The summed E-state index contributed by atoms with van der Waals surface area (Å²) in [7, 11) is -4.08. The first-order valence-electron chi connectivity index (χ1n) is 13.8. The second-order valence-electron chi connectivity index (χ2n) is 11.5. The summed E-state index contributed by atoms with van der Waals surface area (Å²) in [6.45, 7) is 3.75. The van der Waals surface area contributed by atoms with Crippen LogP contribution in [-0.2, 0) is 10.0 Å². The fraction of sp³-hybridized carbons (Fsp3) is 0.593. The average molecular weight is 597 g/mol. The van der Waals surface area contributed by atoms with Crippen LogP contribution in [-0.4, -0.2) is 73.4 Å². The molecule has 224 valence electrons. The van der Waals surface area contributed by atoms with Gasteiger partial charge in [-0.05, 0) is 57.1 Å². The summed E-state index contributed by atoms with van der Waals surface area (Å²) < 4.78 is 69.9. The van der Waals surface area contributed by atoms with E-state index in [2.05, 4.69) is 20.0 Å². The summed E-state index contributed by atoms with van der Waals surface area (Å²) in [5.41, 5.74) is 0.904. The number of carbonyl (C=O) groups excluding carboxylic acids is 1. The Kier molecular flexibility index (Phi) is 7.83. The van der Waals surface area contributed by atoms with Crippen molar-refractivity contribution in [2.24, 2.45) is 5.41 Å². The zero-order valence-electron chi connectivity index (χ0n) is 23.1. The van der Waals surface area contributed by atoms with E-state index in [9.17, 15) is 27.1 Å². The van der Waals surface area contributed by atoms with Crippen LogP contribution in [0.4, 0.5) is 36.3 Å². The van der Waals surface area contributed by atoms with Crippen molar-refractivity contribution in [3.63, 3.8) is 0 Å². The number of benzene rings is 1. The van der Waals surface area contributed by atoms with Crippen LogP contribution in [0, 0.1) is 18.2 Å². The molecule has 3 fully saturated rings. The molecule has 1 aromatic heterocycles. The van der Waals surface area contributed by atoms with Gasteiger partial charge in [0.25, 0.3) is 11.8 Å². The zero-order chi connectivity index (χ0) is 29.6. The molecule has 1 aliphatic carbocycles. The number of aryl methyl sites for hydroxylation is 1. The number of piperidine rings is 2. The molecule has 0 unspecified atom stereocenters. The standard InChI is InChI=1S/C27H35F3N6O4S/c1-17-13-23(33-25(31-17)36-11-7-27(29,30)8-12-36)32-24(38)19-14-20(28)21(34-41(39,40)18(2)16-37)15-22(19)35-9-5-26(3-4-26)6-10-35/h13-15,18,34,37H,3-12,16H2,1-2H3,(H,31,32,33,38)/t18-/m1/s1. The van der Waals surface area contributed by atoms with Crippen LogP contribution in [0.3, 0.4) is 0 Å². The fourth-order valence-electron chi connectivity index (χ4n) is 5.31. The first kappa shape index (κ1) is 29.4. The van der Waals surface area contributed by atoms with Gasteiger partial charge in [0.1, 0.15) is 16.9 Å². The molecule has 1 atom stereocenters. The maximum Gasteiger partial charge on any atom is 0.259 e. The number of aliphatic hydroxyl groups excluding tert-OH is 1. The average Bonchev–Trinajstić information content (AvgIpc) is 3.67. The van der Waals surface area contributed by atoms with Crippen LogP contribution >= 0.6 is 0 Å². The lowest BCUT2D eigenvalue weighted by Gasteiger charge is -2.35. The van der Waals surface area contributed by atoms with Crippen molar-refractivity contribution < 1.29 is 31.5 Å². The number of amides is 1. The SMILES string of the molecule is Cc1cc(NC(=O)c2cc(F)c(NS(=O)(=O)[C@H](C)CO)cc2N2CCC3(CC2)CC3)nc(N2CCC(F)(F)CC2)n1. The van der Waals surface area contributed by atoms with E-state index in [1.807, 2.05) is 4.90 Å². The van der Waals surface area contributed by atoms with Gasteiger partial charge < -0.3 is 20.2 Å². The number of carbonyl (C=O) groups is 1. The molecule has 3 aliphatic rings. The van der Waals surface area contributed by atoms with Crippen molar-refractivity contribution in [2.45, 2.75) is 63.5 Å². The van der Waals surface area contributed by atoms with Gasteiger partial charge >= 0.3 is 0 Å². The molecular formula is C27H35F3N6O4S. The molecule has 0 radical (unpaired) electrons. The molecule has 5 rings (SSSR count). The summed E-state index contributed by atoms with van der Waals surface area (Å²) >= 11 is 0. The summed E-state index contributed by atoms with van der Waals surface area (Å²) in [5.74, 6) is -3.98. The number of halogens is 3. The number of alkyl halides is 2. The molecule has 2 saturated heterocycles. The van der Waals surface area contributed by atoms with E-state index in [1.165, 1.54) is 19.1 Å². The molecular weight excluding hydrogens is 561 g/mol. The lowest BCUT2D eigenvalue weighted by Crippen LogP contribution is -2.40. The topological polar surface area (TPSA) is 128 Å². The summed E-state index contributed by atoms with van der Waals surface area (Å²) in [4.78, 5) is 25.9. The number of nitrogens with one attached hydrogen (secondary N) is 2. The number of sulfonamides is 1. The van der Waals surface area contributed by atoms with E-state index in [-0.39, 0.29) is 48.9 Å². The molecule has 41 heavy (non-hydrogen) atoms. The van der Waals surface area contributed by atoms with E-state index in [1.54, 1.807) is 11.8 Å². The highest BCUT2D eigenvalue weighted by molar-refractivity contribution is 7.93. The van der Waals surface area contributed by atoms with Crippen molar-refractivity contribution in [3.8, 4) is 0 Å². The highest BCUT2D eigenvalue weighted by Gasteiger charge is 2.45. The Morgan fingerprint density at radius 1 is 1.02 bits per heavy atom. The lowest BCUT2D eigenvalue weighted by atomic mass is 9.93. The molecule has 1 aromatic carbocycles. The van der Waals surface area contributed by atoms with Gasteiger partial charge in [-0.15, -0.1) is 0 Å². The first-order valence-corrected chi connectivity index (χ1v) is 15.4. The van der Waals surface area contributed by atoms with Crippen LogP contribution in [0.2, 0.25) is 0 Å². The largest absolute Gasteiger partial charge is 0.395 e. The maximum absolute atomic E-state index is 15.3. The van der Waals surface area contributed by atoms with Gasteiger partial charge in [0.2, 0.25) is 16.0 Å². The zero-order valence-corrected chi connectivity index (χ0v) is 23.9. The van der Waals surface area contributed by atoms with Gasteiger partial charge in [-0.1, -0.05) is 0 Å². The Morgan fingerprint density at radius 2 is 1.66 bits per heavy atom. The van der Waals surface area contributed by atoms with Crippen molar-refractivity contribution in [3.05, 3.63) is 35.3 Å². The minimum atomic E-state index is -4.08. The highest BCUT2D eigenvalue weighted by atomic mass is 32.2. The van der Waals surface area contributed by atoms with Gasteiger partial charge in [0.15, 0.2) is 0 Å². The highest BCUT2D eigenvalue weighted by Crippen LogP contribution is 2.54. The second kappa shape index (κ2) is 10.9. The van der Waals surface area contributed by atoms with Crippen molar-refractivity contribution >= 4 is 39.1 Å². The van der Waals surface area contributed by atoms with E-state index in [0.717, 1.165) is 31.7 Å². The summed E-state index contributed by atoms with van der Waals surface area (Å²) in [5, 5.41) is 10.8. The van der Waals surface area contributed by atoms with Crippen molar-refractivity contribution in [1.29, 1.82) is 0 Å². The van der Waals surface area contributed by atoms with E-state index >= 15 is 4.39 Å². The minimum Gasteiger partial charge on any atom is -0.395 e. The minimum absolute atomic E-state index is 0.00262. The number of hydrogen-bond donors (Lipinski definition) is 3. The van der Waals surface area contributed by atoms with Crippen LogP contribution in [0.15, 0.2) is 18.2 Å². The quantitative estimate of drug-likeness (QED) is 0.419. The maximum atomic E-state index is 15.3. The number of nitrogens with zero attached hydrogens (tertiary/aromatic N) is 4. The summed E-state index contributed by atoms with van der Waals surface area (Å²) in [6.07, 6.45) is 3.50. The lowest BCUT2D eigenvalue weighted by molar-refractivity contribution is -0.0222. The van der Waals surface area contributed by atoms with E-state index in [0.29, 0.717) is 29.9 Å². The first-order chi connectivity index (χ1) is 19.3. The predicted octanol–water partition coefficient (Wildman–Crippen LogP) is 3.91. The molecule has 2 aliphatic heterocycles. The third-order valence-corrected chi connectivity index (χ3v) is 10.1. The smallest absolute Gasteiger partial charge is 0.259 e. The predicted molar refractivity (Wildman–Crippen MR) is 150 cm³/mol. The van der Waals surface area contributed by atoms with Crippen molar-refractivity contribution in [1.82, 2.24) is 9.97 Å². The Balaban J connectivity index is 1.43. The molecule has 3 N–H and O–H groups in total. The normalized spacial score (nSPS) is 20.5. The number of aromatic nitrogens is 2. The fourth-order valence-corrected chi connectivity index (χ4v) is 6.17. The Hall–Kier alpha value is -3.13. The van der Waals surface area contributed by atoms with Gasteiger partial charge in [-0.3, -0.25) is 9.52 Å². The van der Waals surface area contributed by atoms with Crippen molar-refractivity contribution in [2.75, 3.05) is 52.6 Å². The summed E-state index contributed by atoms with van der Waals surface area (Å²) in [6, 6.07) is 3.85. The third-order valence-electron chi connectivity index (χ3n) is 8.35. The third kappa shape index (κ3) is 6.53. The van der Waals surface area contributed by atoms with E-state index in [4.69, 9.17) is 0 Å². The van der Waals surface area contributed by atoms with Gasteiger partial charge in [0.05, 0.1) is 23.5 Å². The van der Waals surface area contributed by atoms with Crippen LogP contribution in [0.1, 0.15) is 61.5 Å². The number of hydrogen-bond acceptors (Lipinski definition) is 8. The van der Waals surface area contributed by atoms with E-state index < -0.39 is 39.5 Å². The Bertz CT molecular complexity index is 1420.